The van der Waals surface area contributed by atoms with E-state index in [2.05, 4.69) is 38.5 Å². The first kappa shape index (κ1) is 22.3. The second-order valence-electron chi connectivity index (χ2n) is 6.34. The van der Waals surface area contributed by atoms with Gasteiger partial charge in [0.15, 0.2) is 17.5 Å². The number of hydrogen-bond donors (Lipinski definition) is 2. The van der Waals surface area contributed by atoms with E-state index in [1.54, 1.807) is 14.2 Å². The highest BCUT2D eigenvalue weighted by molar-refractivity contribution is 14.0. The smallest absolute Gasteiger partial charge is 0.191 e. The first-order chi connectivity index (χ1) is 11.6. The number of ether oxygens (including phenoxy) is 2. The number of nitrogens with zero attached hydrogens (tertiary/aromatic N) is 1. The van der Waals surface area contributed by atoms with Crippen molar-refractivity contribution >= 4 is 45.9 Å². The van der Waals surface area contributed by atoms with Crippen molar-refractivity contribution in [2.45, 2.75) is 45.2 Å². The number of nitrogens with one attached hydrogen (secondary N) is 2. The van der Waals surface area contributed by atoms with E-state index >= 15 is 0 Å². The Morgan fingerprint density at radius 1 is 1.20 bits per heavy atom. The van der Waals surface area contributed by atoms with E-state index in [0.29, 0.717) is 24.1 Å². The van der Waals surface area contributed by atoms with Gasteiger partial charge in [0.05, 0.1) is 18.7 Å². The average Bonchev–Trinajstić information content (AvgIpc) is 2.59. The van der Waals surface area contributed by atoms with E-state index in [4.69, 9.17) is 9.47 Å². The summed E-state index contributed by atoms with van der Waals surface area (Å²) in [6.45, 7) is 3.00. The van der Waals surface area contributed by atoms with Crippen LogP contribution in [0.2, 0.25) is 0 Å². The molecule has 0 aromatic heterocycles. The third-order valence-corrected chi connectivity index (χ3v) is 5.12. The lowest BCUT2D eigenvalue weighted by Gasteiger charge is -2.28. The molecule has 0 aliphatic heterocycles. The van der Waals surface area contributed by atoms with E-state index in [-0.39, 0.29) is 24.0 Å². The molecular formula is C18H29BrIN3O2. The molecule has 1 aliphatic rings. The maximum Gasteiger partial charge on any atom is 0.191 e. The molecule has 0 heterocycles. The Balaban J connectivity index is 0.00000312. The number of methoxy groups -OCH3 is 2. The van der Waals surface area contributed by atoms with Gasteiger partial charge in [-0.15, -0.1) is 24.0 Å². The molecule has 1 fully saturated rings. The van der Waals surface area contributed by atoms with Crippen LogP contribution in [0.1, 0.15) is 38.2 Å². The van der Waals surface area contributed by atoms with E-state index < -0.39 is 0 Å². The highest BCUT2D eigenvalue weighted by Crippen LogP contribution is 2.36. The molecule has 0 atom stereocenters. The fourth-order valence-electron chi connectivity index (χ4n) is 3.05. The van der Waals surface area contributed by atoms with Crippen LogP contribution in [0, 0.1) is 5.92 Å². The maximum atomic E-state index is 5.39. The second kappa shape index (κ2) is 11.1. The molecule has 0 radical (unpaired) electrons. The van der Waals surface area contributed by atoms with Crippen LogP contribution in [0.15, 0.2) is 21.6 Å². The fourth-order valence-corrected chi connectivity index (χ4v) is 3.70. The molecule has 1 aromatic carbocycles. The molecule has 0 spiro atoms. The van der Waals surface area contributed by atoms with Gasteiger partial charge >= 0.3 is 0 Å². The van der Waals surface area contributed by atoms with Gasteiger partial charge in [-0.2, -0.15) is 0 Å². The summed E-state index contributed by atoms with van der Waals surface area (Å²) < 4.78 is 11.6. The van der Waals surface area contributed by atoms with Crippen LogP contribution in [0.25, 0.3) is 0 Å². The molecule has 142 valence electrons. The van der Waals surface area contributed by atoms with Crippen molar-refractivity contribution in [2.75, 3.05) is 21.3 Å². The number of guanidine groups is 1. The van der Waals surface area contributed by atoms with E-state index in [9.17, 15) is 0 Å². The molecule has 2 rings (SSSR count). The molecule has 0 unspecified atom stereocenters. The Labute approximate surface area is 176 Å². The largest absolute Gasteiger partial charge is 0.493 e. The van der Waals surface area contributed by atoms with Crippen LogP contribution in [-0.2, 0) is 6.54 Å². The number of benzene rings is 1. The quantitative estimate of drug-likeness (QED) is 0.341. The van der Waals surface area contributed by atoms with Crippen molar-refractivity contribution in [1.29, 1.82) is 0 Å². The topological polar surface area (TPSA) is 54.9 Å². The minimum Gasteiger partial charge on any atom is -0.493 e. The van der Waals surface area contributed by atoms with Crippen molar-refractivity contribution in [1.82, 2.24) is 10.6 Å². The van der Waals surface area contributed by atoms with Gasteiger partial charge in [0, 0.05) is 19.6 Å². The summed E-state index contributed by atoms with van der Waals surface area (Å²) in [4.78, 5) is 4.34. The van der Waals surface area contributed by atoms with Crippen LogP contribution in [-0.4, -0.2) is 33.3 Å². The summed E-state index contributed by atoms with van der Waals surface area (Å²) in [5.41, 5.74) is 1.10. The number of aliphatic imine (C=N–C) groups is 1. The monoisotopic (exact) mass is 525 g/mol. The van der Waals surface area contributed by atoms with Crippen LogP contribution in [0.3, 0.4) is 0 Å². The van der Waals surface area contributed by atoms with Gasteiger partial charge in [-0.3, -0.25) is 4.99 Å². The van der Waals surface area contributed by atoms with Gasteiger partial charge in [-0.25, -0.2) is 0 Å². The van der Waals surface area contributed by atoms with Crippen molar-refractivity contribution in [3.63, 3.8) is 0 Å². The standard InChI is InChI=1S/C18H28BrN3O2.HI/c1-12-5-7-14(8-6-12)22-18(20-2)21-11-13-9-15(19)17(24-4)16(10-13)23-3;/h9-10,12,14H,5-8,11H2,1-4H3,(H2,20,21,22);1H. The van der Waals surface area contributed by atoms with E-state index in [1.807, 2.05) is 19.2 Å². The van der Waals surface area contributed by atoms with Crippen LogP contribution >= 0.6 is 39.9 Å². The average molecular weight is 526 g/mol. The van der Waals surface area contributed by atoms with Gasteiger partial charge < -0.3 is 20.1 Å². The summed E-state index contributed by atoms with van der Waals surface area (Å²) in [7, 11) is 5.09. The fraction of sp³-hybridized carbons (Fsp3) is 0.611. The third kappa shape index (κ3) is 6.51. The third-order valence-electron chi connectivity index (χ3n) is 4.53. The molecule has 0 saturated heterocycles. The Morgan fingerprint density at radius 2 is 1.88 bits per heavy atom. The lowest BCUT2D eigenvalue weighted by molar-refractivity contribution is 0.329. The zero-order valence-electron chi connectivity index (χ0n) is 15.4. The summed E-state index contributed by atoms with van der Waals surface area (Å²) in [5.74, 6) is 3.12. The van der Waals surface area contributed by atoms with Gasteiger partial charge in [0.1, 0.15) is 0 Å². The Bertz CT molecular complexity index is 576. The lowest BCUT2D eigenvalue weighted by atomic mass is 9.87. The Morgan fingerprint density at radius 3 is 2.44 bits per heavy atom. The molecule has 7 heteroatoms. The minimum atomic E-state index is 0. The summed E-state index contributed by atoms with van der Waals surface area (Å²) in [5, 5.41) is 6.92. The second-order valence-corrected chi connectivity index (χ2v) is 7.19. The molecule has 1 saturated carbocycles. The number of rotatable bonds is 5. The molecule has 1 aliphatic carbocycles. The predicted octanol–water partition coefficient (Wildman–Crippen LogP) is 4.33. The first-order valence-corrected chi connectivity index (χ1v) is 9.24. The van der Waals surface area contributed by atoms with Gasteiger partial charge in [0.25, 0.3) is 0 Å². The van der Waals surface area contributed by atoms with E-state index in [1.165, 1.54) is 25.7 Å². The molecule has 25 heavy (non-hydrogen) atoms. The molecular weight excluding hydrogens is 497 g/mol. The first-order valence-electron chi connectivity index (χ1n) is 8.45. The van der Waals surface area contributed by atoms with Crippen LogP contribution in [0.5, 0.6) is 11.5 Å². The van der Waals surface area contributed by atoms with Gasteiger partial charge in [-0.1, -0.05) is 6.92 Å². The summed E-state index contributed by atoms with van der Waals surface area (Å²) >= 11 is 3.53. The predicted molar refractivity (Wildman–Crippen MR) is 117 cm³/mol. The molecule has 2 N–H and O–H groups in total. The van der Waals surface area contributed by atoms with Gasteiger partial charge in [0.2, 0.25) is 0 Å². The molecule has 1 aromatic rings. The normalized spacial score (nSPS) is 20.4. The zero-order valence-corrected chi connectivity index (χ0v) is 19.3. The van der Waals surface area contributed by atoms with Crippen molar-refractivity contribution in [3.8, 4) is 11.5 Å². The van der Waals surface area contributed by atoms with Crippen molar-refractivity contribution < 1.29 is 9.47 Å². The number of hydrogen-bond acceptors (Lipinski definition) is 3. The maximum absolute atomic E-state index is 5.39. The van der Waals surface area contributed by atoms with Gasteiger partial charge in [-0.05, 0) is 65.2 Å². The molecule has 5 nitrogen and oxygen atoms in total. The summed E-state index contributed by atoms with van der Waals surface area (Å²) in [6.07, 6.45) is 5.00. The lowest BCUT2D eigenvalue weighted by Crippen LogP contribution is -2.44. The zero-order chi connectivity index (χ0) is 17.5. The van der Waals surface area contributed by atoms with Crippen LogP contribution < -0.4 is 20.1 Å². The molecule has 0 amide bonds. The SMILES string of the molecule is CN=C(NCc1cc(Br)c(OC)c(OC)c1)NC1CCC(C)CC1.I. The summed E-state index contributed by atoms with van der Waals surface area (Å²) in [6, 6.07) is 4.53. The van der Waals surface area contributed by atoms with Crippen molar-refractivity contribution in [2.24, 2.45) is 10.9 Å². The van der Waals surface area contributed by atoms with Crippen LogP contribution in [0.4, 0.5) is 0 Å². The highest BCUT2D eigenvalue weighted by Gasteiger charge is 2.19. The number of halogens is 2. The van der Waals surface area contributed by atoms with E-state index in [0.717, 1.165) is 21.9 Å². The van der Waals surface area contributed by atoms with Crippen molar-refractivity contribution in [3.05, 3.63) is 22.2 Å². The Kier molecular flexibility index (Phi) is 9.92. The molecule has 0 bridgehead atoms. The minimum absolute atomic E-state index is 0. The Hall–Kier alpha value is -0.700. The highest BCUT2D eigenvalue weighted by atomic mass is 127.